The van der Waals surface area contributed by atoms with E-state index in [0.29, 0.717) is 38.8 Å². The summed E-state index contributed by atoms with van der Waals surface area (Å²) in [7, 11) is 0. The maximum atomic E-state index is 12.3. The van der Waals surface area contributed by atoms with Crippen molar-refractivity contribution >= 4 is 23.5 Å². The minimum absolute atomic E-state index is 0.0864. The number of aromatic nitrogens is 2. The molecule has 2 aliphatic heterocycles. The zero-order chi connectivity index (χ0) is 15.4. The number of morpholine rings is 1. The zero-order valence-electron chi connectivity index (χ0n) is 12.3. The van der Waals surface area contributed by atoms with Crippen molar-refractivity contribution in [3.63, 3.8) is 0 Å². The number of ether oxygens (including phenoxy) is 2. The van der Waals surface area contributed by atoms with Crippen LogP contribution in [0.25, 0.3) is 0 Å². The highest BCUT2D eigenvalue weighted by Gasteiger charge is 2.21. The summed E-state index contributed by atoms with van der Waals surface area (Å²) in [6.45, 7) is 3.91. The SMILES string of the molecule is O=C(NCC1CCCO1)c1nc(N2CCOCC2)ncc1Cl. The summed E-state index contributed by atoms with van der Waals surface area (Å²) in [4.78, 5) is 22.8. The fourth-order valence-electron chi connectivity index (χ4n) is 2.53. The average molecular weight is 327 g/mol. The predicted molar refractivity (Wildman–Crippen MR) is 81.4 cm³/mol. The van der Waals surface area contributed by atoms with Crippen LogP contribution in [0.2, 0.25) is 5.02 Å². The number of hydrogen-bond donors (Lipinski definition) is 1. The quantitative estimate of drug-likeness (QED) is 0.885. The third-order valence-electron chi connectivity index (χ3n) is 3.75. The first-order chi connectivity index (χ1) is 10.7. The van der Waals surface area contributed by atoms with E-state index >= 15 is 0 Å². The molecule has 22 heavy (non-hydrogen) atoms. The maximum Gasteiger partial charge on any atom is 0.271 e. The molecule has 2 aliphatic rings. The number of carbonyl (C=O) groups excluding carboxylic acids is 1. The Labute approximate surface area is 134 Å². The smallest absolute Gasteiger partial charge is 0.271 e. The first-order valence-electron chi connectivity index (χ1n) is 7.49. The van der Waals surface area contributed by atoms with Crippen LogP contribution in [0.4, 0.5) is 5.95 Å². The lowest BCUT2D eigenvalue weighted by Crippen LogP contribution is -2.38. The van der Waals surface area contributed by atoms with Gasteiger partial charge in [0.05, 0.1) is 30.5 Å². The van der Waals surface area contributed by atoms with Gasteiger partial charge in [-0.05, 0) is 12.8 Å². The van der Waals surface area contributed by atoms with Crippen molar-refractivity contribution in [1.29, 1.82) is 0 Å². The molecule has 0 spiro atoms. The number of rotatable bonds is 4. The van der Waals surface area contributed by atoms with Gasteiger partial charge in [0.1, 0.15) is 0 Å². The van der Waals surface area contributed by atoms with Gasteiger partial charge >= 0.3 is 0 Å². The van der Waals surface area contributed by atoms with Crippen LogP contribution in [0, 0.1) is 0 Å². The Morgan fingerprint density at radius 1 is 1.41 bits per heavy atom. The summed E-state index contributed by atoms with van der Waals surface area (Å²) in [5, 5.41) is 3.08. The molecule has 1 unspecified atom stereocenters. The normalized spacial score (nSPS) is 21.9. The first-order valence-corrected chi connectivity index (χ1v) is 7.87. The zero-order valence-corrected chi connectivity index (χ0v) is 13.0. The summed E-state index contributed by atoms with van der Waals surface area (Å²) in [5.41, 5.74) is 0.205. The highest BCUT2D eigenvalue weighted by molar-refractivity contribution is 6.33. The van der Waals surface area contributed by atoms with Crippen LogP contribution >= 0.6 is 11.6 Å². The van der Waals surface area contributed by atoms with Gasteiger partial charge in [-0.3, -0.25) is 4.79 Å². The van der Waals surface area contributed by atoms with Crippen molar-refractivity contribution < 1.29 is 14.3 Å². The van der Waals surface area contributed by atoms with E-state index in [1.54, 1.807) is 0 Å². The number of carbonyl (C=O) groups is 1. The standard InChI is InChI=1S/C14H19ClN4O3/c15-11-9-17-14(19-3-6-21-7-4-19)18-12(11)13(20)16-8-10-2-1-5-22-10/h9-10H,1-8H2,(H,16,20). The number of nitrogens with zero attached hydrogens (tertiary/aromatic N) is 3. The van der Waals surface area contributed by atoms with Crippen LogP contribution in [-0.4, -0.2) is 61.4 Å². The molecule has 0 aromatic carbocycles. The summed E-state index contributed by atoms with van der Waals surface area (Å²) in [5.74, 6) is 0.215. The monoisotopic (exact) mass is 326 g/mol. The van der Waals surface area contributed by atoms with E-state index < -0.39 is 0 Å². The molecule has 1 aromatic heterocycles. The minimum Gasteiger partial charge on any atom is -0.378 e. The fraction of sp³-hybridized carbons (Fsp3) is 0.643. The first kappa shape index (κ1) is 15.5. The Hall–Kier alpha value is -1.44. The Morgan fingerprint density at radius 2 is 2.23 bits per heavy atom. The third-order valence-corrected chi connectivity index (χ3v) is 4.03. The van der Waals surface area contributed by atoms with Crippen molar-refractivity contribution in [3.8, 4) is 0 Å². The molecule has 2 saturated heterocycles. The summed E-state index contributed by atoms with van der Waals surface area (Å²) in [6.07, 6.45) is 3.57. The summed E-state index contributed by atoms with van der Waals surface area (Å²) < 4.78 is 10.8. The highest BCUT2D eigenvalue weighted by atomic mass is 35.5. The lowest BCUT2D eigenvalue weighted by Gasteiger charge is -2.26. The van der Waals surface area contributed by atoms with Gasteiger partial charge in [0.25, 0.3) is 5.91 Å². The van der Waals surface area contributed by atoms with E-state index in [1.165, 1.54) is 6.20 Å². The van der Waals surface area contributed by atoms with Gasteiger partial charge in [-0.15, -0.1) is 0 Å². The van der Waals surface area contributed by atoms with Gasteiger partial charge in [0.15, 0.2) is 5.69 Å². The number of halogens is 1. The second kappa shape index (κ2) is 7.21. The predicted octanol–water partition coefficient (Wildman–Crippen LogP) is 0.875. The molecule has 8 heteroatoms. The molecule has 0 bridgehead atoms. The van der Waals surface area contributed by atoms with Crippen LogP contribution in [0.3, 0.4) is 0 Å². The van der Waals surface area contributed by atoms with Gasteiger partial charge in [0, 0.05) is 26.2 Å². The Bertz CT molecular complexity index is 531. The molecule has 1 atom stereocenters. The highest BCUT2D eigenvalue weighted by Crippen LogP contribution is 2.18. The van der Waals surface area contributed by atoms with E-state index in [0.717, 1.165) is 19.4 Å². The largest absolute Gasteiger partial charge is 0.378 e. The molecule has 1 N–H and O–H groups in total. The molecule has 2 fully saturated rings. The van der Waals surface area contributed by atoms with E-state index in [2.05, 4.69) is 15.3 Å². The van der Waals surface area contributed by atoms with Crippen LogP contribution < -0.4 is 10.2 Å². The van der Waals surface area contributed by atoms with Crippen LogP contribution in [0.5, 0.6) is 0 Å². The fourth-order valence-corrected chi connectivity index (χ4v) is 2.71. The van der Waals surface area contributed by atoms with Crippen LogP contribution in [-0.2, 0) is 9.47 Å². The molecule has 3 heterocycles. The lowest BCUT2D eigenvalue weighted by atomic mass is 10.2. The average Bonchev–Trinajstić information content (AvgIpc) is 3.07. The Morgan fingerprint density at radius 3 is 2.95 bits per heavy atom. The minimum atomic E-state index is -0.294. The number of anilines is 1. The van der Waals surface area contributed by atoms with E-state index in [9.17, 15) is 4.79 Å². The lowest BCUT2D eigenvalue weighted by molar-refractivity contribution is 0.0853. The maximum absolute atomic E-state index is 12.3. The van der Waals surface area contributed by atoms with E-state index in [-0.39, 0.29) is 22.7 Å². The van der Waals surface area contributed by atoms with E-state index in [1.807, 2.05) is 4.90 Å². The summed E-state index contributed by atoms with van der Waals surface area (Å²) in [6, 6.07) is 0. The topological polar surface area (TPSA) is 76.6 Å². The van der Waals surface area contributed by atoms with Crippen molar-refractivity contribution in [3.05, 3.63) is 16.9 Å². The molecular weight excluding hydrogens is 308 g/mol. The van der Waals surface area contributed by atoms with Gasteiger partial charge in [0.2, 0.25) is 5.95 Å². The third kappa shape index (κ3) is 3.66. The van der Waals surface area contributed by atoms with Gasteiger partial charge in [-0.1, -0.05) is 11.6 Å². The van der Waals surface area contributed by atoms with Gasteiger partial charge in [-0.2, -0.15) is 0 Å². The molecule has 1 aromatic rings. The van der Waals surface area contributed by atoms with Crippen molar-refractivity contribution in [1.82, 2.24) is 15.3 Å². The van der Waals surface area contributed by atoms with Crippen molar-refractivity contribution in [2.24, 2.45) is 0 Å². The van der Waals surface area contributed by atoms with Crippen LogP contribution in [0.15, 0.2) is 6.20 Å². The number of nitrogens with one attached hydrogen (secondary N) is 1. The van der Waals surface area contributed by atoms with Gasteiger partial charge in [-0.25, -0.2) is 9.97 Å². The number of hydrogen-bond acceptors (Lipinski definition) is 6. The molecule has 120 valence electrons. The molecule has 0 saturated carbocycles. The van der Waals surface area contributed by atoms with E-state index in [4.69, 9.17) is 21.1 Å². The Kier molecular flexibility index (Phi) is 5.07. The molecule has 0 radical (unpaired) electrons. The Balaban J connectivity index is 1.66. The number of amides is 1. The molecule has 0 aliphatic carbocycles. The second-order valence-electron chi connectivity index (χ2n) is 5.31. The van der Waals surface area contributed by atoms with Crippen molar-refractivity contribution in [2.75, 3.05) is 44.4 Å². The summed E-state index contributed by atoms with van der Waals surface area (Å²) >= 11 is 6.07. The van der Waals surface area contributed by atoms with Crippen molar-refractivity contribution in [2.45, 2.75) is 18.9 Å². The molecular formula is C14H19ClN4O3. The van der Waals surface area contributed by atoms with Gasteiger partial charge < -0.3 is 19.7 Å². The molecule has 1 amide bonds. The van der Waals surface area contributed by atoms with Crippen LogP contribution in [0.1, 0.15) is 23.3 Å². The molecule has 7 nitrogen and oxygen atoms in total. The molecule has 3 rings (SSSR count). The second-order valence-corrected chi connectivity index (χ2v) is 5.72.